The van der Waals surface area contributed by atoms with Crippen molar-refractivity contribution in [1.29, 1.82) is 0 Å². The number of fused-ring (bicyclic) bond motifs is 8. The highest BCUT2D eigenvalue weighted by Crippen LogP contribution is 2.67. The minimum atomic E-state index is -0.223. The zero-order valence-electron chi connectivity index (χ0n) is 37.2. The second-order valence-electron chi connectivity index (χ2n) is 20.7. The molecule has 0 heteroatoms. The minimum absolute atomic E-state index is 0.0632. The Labute approximate surface area is 362 Å². The van der Waals surface area contributed by atoms with E-state index in [1.54, 1.807) is 16.7 Å². The molecule has 0 heterocycles. The van der Waals surface area contributed by atoms with Crippen LogP contribution in [0.2, 0.25) is 0 Å². The smallest absolute Gasteiger partial charge is 0.0162 e. The number of hydrogen-bond donors (Lipinski definition) is 0. The van der Waals surface area contributed by atoms with Gasteiger partial charge in [0.2, 0.25) is 0 Å². The Bertz CT molecular complexity index is 3160. The molecule has 4 aliphatic rings. The lowest BCUT2D eigenvalue weighted by atomic mass is 9.65. The van der Waals surface area contributed by atoms with Gasteiger partial charge in [-0.1, -0.05) is 166 Å². The second kappa shape index (κ2) is 12.1. The Hall–Kier alpha value is -5.98. The second-order valence-corrected chi connectivity index (χ2v) is 20.7. The SMILES string of the molecule is CCCc1ccc2c3c(c4c5c2c1C(C)(C)c1cc(-c2cc(-c6ccccc6)cc(-c6ccccc6)c2)cc(c1-5)C4(C)C)C(C)(C)c1cc2c(cc1-3)C(C)(C)c1ccccc1-2. The van der Waals surface area contributed by atoms with Crippen molar-refractivity contribution in [1.82, 2.24) is 0 Å². The summed E-state index contributed by atoms with van der Waals surface area (Å²) in [6, 6.07) is 53.7. The van der Waals surface area contributed by atoms with Gasteiger partial charge in [-0.05, 0) is 176 Å². The van der Waals surface area contributed by atoms with E-state index in [0.717, 1.165) is 12.8 Å². The van der Waals surface area contributed by atoms with Crippen molar-refractivity contribution in [3.8, 4) is 66.8 Å². The highest BCUT2D eigenvalue weighted by atomic mass is 14.5. The van der Waals surface area contributed by atoms with Crippen LogP contribution in [0.15, 0.2) is 140 Å². The van der Waals surface area contributed by atoms with Crippen LogP contribution in [0.4, 0.5) is 0 Å². The molecule has 0 radical (unpaired) electrons. The summed E-state index contributed by atoms with van der Waals surface area (Å²) in [5, 5.41) is 2.96. The molecule has 0 aromatic heterocycles. The maximum Gasteiger partial charge on any atom is 0.0162 e. The summed E-state index contributed by atoms with van der Waals surface area (Å²) in [6.07, 6.45) is 2.20. The number of aryl methyl sites for hydroxylation is 1. The van der Waals surface area contributed by atoms with Crippen molar-refractivity contribution >= 4 is 10.8 Å². The van der Waals surface area contributed by atoms with Crippen molar-refractivity contribution < 1.29 is 0 Å². The normalized spacial score (nSPS) is 16.9. The Morgan fingerprint density at radius 2 is 0.836 bits per heavy atom. The van der Waals surface area contributed by atoms with E-state index in [0.29, 0.717) is 0 Å². The van der Waals surface area contributed by atoms with Gasteiger partial charge < -0.3 is 0 Å². The van der Waals surface area contributed by atoms with Gasteiger partial charge >= 0.3 is 0 Å². The van der Waals surface area contributed by atoms with Gasteiger partial charge in [0.05, 0.1) is 0 Å². The summed E-state index contributed by atoms with van der Waals surface area (Å²) in [5.41, 5.74) is 29.1. The van der Waals surface area contributed by atoms with Gasteiger partial charge in [-0.2, -0.15) is 0 Å². The molecule has 8 aromatic carbocycles. The fraction of sp³-hybridized carbons (Fsp3) is 0.246. The van der Waals surface area contributed by atoms with Crippen LogP contribution in [0.25, 0.3) is 77.5 Å². The average Bonchev–Trinajstić information content (AvgIpc) is 3.74. The van der Waals surface area contributed by atoms with Gasteiger partial charge in [0.15, 0.2) is 0 Å². The first-order valence-corrected chi connectivity index (χ1v) is 22.7. The highest BCUT2D eigenvalue weighted by molar-refractivity contribution is 6.17. The van der Waals surface area contributed by atoms with Crippen LogP contribution in [0.1, 0.15) is 119 Å². The van der Waals surface area contributed by atoms with E-state index in [4.69, 9.17) is 0 Å². The molecule has 0 N–H and O–H groups in total. The lowest BCUT2D eigenvalue weighted by Crippen LogP contribution is -2.26. The number of hydrogen-bond acceptors (Lipinski definition) is 0. The van der Waals surface area contributed by atoms with Crippen LogP contribution < -0.4 is 0 Å². The van der Waals surface area contributed by atoms with Crippen LogP contribution in [0, 0.1) is 0 Å². The van der Waals surface area contributed by atoms with E-state index in [-0.39, 0.29) is 21.7 Å². The predicted octanol–water partition coefficient (Wildman–Crippen LogP) is 16.4. The molecular formula is C61H54. The van der Waals surface area contributed by atoms with E-state index >= 15 is 0 Å². The minimum Gasteiger partial charge on any atom is -0.0651 e. The average molecular weight is 787 g/mol. The lowest BCUT2D eigenvalue weighted by molar-refractivity contribution is 0.601. The molecule has 0 nitrogen and oxygen atoms in total. The van der Waals surface area contributed by atoms with Gasteiger partial charge in [-0.3, -0.25) is 0 Å². The quantitative estimate of drug-likeness (QED) is 0.163. The van der Waals surface area contributed by atoms with Crippen molar-refractivity contribution in [3.63, 3.8) is 0 Å². The van der Waals surface area contributed by atoms with Gasteiger partial charge in [0.25, 0.3) is 0 Å². The Morgan fingerprint density at radius 3 is 1.46 bits per heavy atom. The standard InChI is InChI=1S/C61H54/c1-10-19-37-26-27-43-51-45-34-47-44(42-24-17-18-25-46(42)58(47,2)3)33-48(45)59(4,5)56(51)57-54-52(43)55(37)60(6,7)49-31-41(32-50(53(49)54)61(57,8)9)40-29-38(35-20-13-11-14-21-35)28-39(30-40)36-22-15-12-16-23-36/h11-18,20-34H,10,19H2,1-9H3. The van der Waals surface area contributed by atoms with E-state index in [1.807, 2.05) is 0 Å². The molecule has 8 aromatic rings. The maximum atomic E-state index is 2.63. The fourth-order valence-electron chi connectivity index (χ4n) is 12.9. The summed E-state index contributed by atoms with van der Waals surface area (Å²) in [4.78, 5) is 0. The van der Waals surface area contributed by atoms with E-state index in [9.17, 15) is 0 Å². The molecule has 0 saturated carbocycles. The Morgan fingerprint density at radius 1 is 0.344 bits per heavy atom. The number of rotatable bonds is 5. The summed E-state index contributed by atoms with van der Waals surface area (Å²) in [6.45, 7) is 22.4. The molecule has 0 aliphatic heterocycles. The fourth-order valence-corrected chi connectivity index (χ4v) is 12.9. The Balaban J connectivity index is 1.17. The zero-order chi connectivity index (χ0) is 42.0. The summed E-state index contributed by atoms with van der Waals surface area (Å²) >= 11 is 0. The van der Waals surface area contributed by atoms with Gasteiger partial charge in [0, 0.05) is 21.7 Å². The molecule has 0 fully saturated rings. The molecule has 61 heavy (non-hydrogen) atoms. The van der Waals surface area contributed by atoms with Gasteiger partial charge in [-0.25, -0.2) is 0 Å². The van der Waals surface area contributed by atoms with Crippen LogP contribution in [-0.4, -0.2) is 0 Å². The third kappa shape index (κ3) is 4.66. The molecule has 0 unspecified atom stereocenters. The van der Waals surface area contributed by atoms with Crippen LogP contribution >= 0.6 is 0 Å². The van der Waals surface area contributed by atoms with Crippen molar-refractivity contribution in [2.45, 2.75) is 96.8 Å². The predicted molar refractivity (Wildman–Crippen MR) is 259 cm³/mol. The van der Waals surface area contributed by atoms with Crippen molar-refractivity contribution in [2.75, 3.05) is 0 Å². The first-order valence-electron chi connectivity index (χ1n) is 22.7. The monoisotopic (exact) mass is 786 g/mol. The molecule has 12 rings (SSSR count). The van der Waals surface area contributed by atoms with Gasteiger partial charge in [-0.15, -0.1) is 0 Å². The first kappa shape index (κ1) is 36.8. The van der Waals surface area contributed by atoms with Crippen molar-refractivity contribution in [2.24, 2.45) is 0 Å². The first-order chi connectivity index (χ1) is 29.2. The molecular weight excluding hydrogens is 733 g/mol. The highest BCUT2D eigenvalue weighted by Gasteiger charge is 2.52. The molecule has 4 aliphatic carbocycles. The molecule has 0 saturated heterocycles. The molecule has 0 spiro atoms. The van der Waals surface area contributed by atoms with Crippen LogP contribution in [0.5, 0.6) is 0 Å². The summed E-state index contributed by atoms with van der Waals surface area (Å²) < 4.78 is 0. The largest absolute Gasteiger partial charge is 0.0651 e. The van der Waals surface area contributed by atoms with Crippen LogP contribution in [0.3, 0.4) is 0 Å². The number of benzene rings is 8. The lowest BCUT2D eigenvalue weighted by Gasteiger charge is -2.38. The van der Waals surface area contributed by atoms with E-state index < -0.39 is 0 Å². The molecule has 0 atom stereocenters. The zero-order valence-corrected chi connectivity index (χ0v) is 37.2. The third-order valence-electron chi connectivity index (χ3n) is 15.8. The molecule has 298 valence electrons. The molecule has 0 amide bonds. The van der Waals surface area contributed by atoms with E-state index in [1.165, 1.54) is 111 Å². The molecule has 0 bridgehead atoms. The van der Waals surface area contributed by atoms with Crippen molar-refractivity contribution in [3.05, 3.63) is 190 Å². The third-order valence-corrected chi connectivity index (χ3v) is 15.8. The Kier molecular flexibility index (Phi) is 7.31. The van der Waals surface area contributed by atoms with Crippen LogP contribution in [-0.2, 0) is 28.1 Å². The van der Waals surface area contributed by atoms with E-state index in [2.05, 4.69) is 202 Å². The topological polar surface area (TPSA) is 0 Å². The summed E-state index contributed by atoms with van der Waals surface area (Å²) in [5.74, 6) is 0. The summed E-state index contributed by atoms with van der Waals surface area (Å²) in [7, 11) is 0. The van der Waals surface area contributed by atoms with Gasteiger partial charge in [0.1, 0.15) is 0 Å². The maximum absolute atomic E-state index is 2.63.